The highest BCUT2D eigenvalue weighted by molar-refractivity contribution is 5.87. The average Bonchev–Trinajstić information content (AvgIpc) is 2.45. The van der Waals surface area contributed by atoms with Crippen molar-refractivity contribution >= 4 is 23.6 Å². The van der Waals surface area contributed by atoms with Crippen LogP contribution in [0.15, 0.2) is 48.5 Å². The number of anilines is 2. The number of hydrogen-bond acceptors (Lipinski definition) is 4. The van der Waals surface area contributed by atoms with Crippen molar-refractivity contribution in [3.05, 3.63) is 54.1 Å². The monoisotopic (exact) mass is 303 g/mol. The van der Waals surface area contributed by atoms with Crippen LogP contribution in [0.25, 0.3) is 0 Å². The van der Waals surface area contributed by atoms with E-state index < -0.39 is 19.2 Å². The first-order valence-electron chi connectivity index (χ1n) is 7.87. The van der Waals surface area contributed by atoms with Crippen molar-refractivity contribution in [1.29, 1.82) is 0 Å². The molecule has 0 aliphatic heterocycles. The second kappa shape index (κ2) is 7.12. The normalized spacial score (nSPS) is 12.3. The third-order valence-electron chi connectivity index (χ3n) is 2.65. The van der Waals surface area contributed by atoms with Gasteiger partial charge in [-0.05, 0) is 36.8 Å². The topological polar surface area (TPSA) is 76.7 Å². The fraction of sp³-hybridized carbons (Fsp3) is 0.125. The summed E-state index contributed by atoms with van der Waals surface area (Å²) < 4.78 is 29.9. The third-order valence-corrected chi connectivity index (χ3v) is 2.65. The minimum Gasteiger partial charge on any atom is -0.453 e. The van der Waals surface area contributed by atoms with Gasteiger partial charge in [-0.25, -0.2) is 9.59 Å². The molecule has 2 N–H and O–H groups in total. The number of rotatable bonds is 3. The second-order valence-electron chi connectivity index (χ2n) is 4.43. The van der Waals surface area contributed by atoms with Crippen molar-refractivity contribution in [3.63, 3.8) is 0 Å². The van der Waals surface area contributed by atoms with Gasteiger partial charge in [-0.15, -0.1) is 0 Å². The van der Waals surface area contributed by atoms with Crippen molar-refractivity contribution < 1.29 is 23.2 Å². The Hall–Kier alpha value is -3.02. The van der Waals surface area contributed by atoms with Crippen molar-refractivity contribution in [2.75, 3.05) is 17.7 Å². The predicted octanol–water partition coefficient (Wildman–Crippen LogP) is 3.78. The highest BCUT2D eigenvalue weighted by atomic mass is 16.6. The van der Waals surface area contributed by atoms with Gasteiger partial charge in [-0.3, -0.25) is 10.6 Å². The van der Waals surface area contributed by atoms with E-state index in [1.165, 1.54) is 24.3 Å². The predicted molar refractivity (Wildman–Crippen MR) is 83.3 cm³/mol. The first-order chi connectivity index (χ1) is 11.7. The highest BCUT2D eigenvalue weighted by Crippen LogP contribution is 2.18. The summed E-state index contributed by atoms with van der Waals surface area (Å²) in [5.74, 6) is 0.164. The summed E-state index contributed by atoms with van der Waals surface area (Å²) in [6.07, 6.45) is -1.84. The van der Waals surface area contributed by atoms with Crippen LogP contribution in [0.1, 0.15) is 9.68 Å². The lowest BCUT2D eigenvalue weighted by Crippen LogP contribution is -2.17. The fourth-order valence-corrected chi connectivity index (χ4v) is 1.75. The van der Waals surface area contributed by atoms with Gasteiger partial charge in [0.1, 0.15) is 5.75 Å². The number of aryl methyl sites for hydroxylation is 1. The molecule has 0 bridgehead atoms. The summed E-state index contributed by atoms with van der Waals surface area (Å²) in [5, 5.41) is 4.81. The van der Waals surface area contributed by atoms with Crippen molar-refractivity contribution in [2.45, 2.75) is 6.92 Å². The Balaban J connectivity index is 1.96. The molecule has 0 aliphatic carbocycles. The number of hydrogen-bond donors (Lipinski definition) is 2. The van der Waals surface area contributed by atoms with Gasteiger partial charge >= 0.3 is 12.2 Å². The summed E-state index contributed by atoms with van der Waals surface area (Å²) in [7, 11) is -2.84. The Morgan fingerprint density at radius 3 is 2.41 bits per heavy atom. The van der Waals surface area contributed by atoms with Crippen LogP contribution in [0.5, 0.6) is 5.75 Å². The van der Waals surface area contributed by atoms with Gasteiger partial charge < -0.3 is 9.47 Å². The molecule has 0 spiro atoms. The van der Waals surface area contributed by atoms with Crippen molar-refractivity contribution in [1.82, 2.24) is 0 Å². The first kappa shape index (κ1) is 11.6. The van der Waals surface area contributed by atoms with Crippen LogP contribution < -0.4 is 15.4 Å². The number of carbonyl (C=O) groups is 2. The summed E-state index contributed by atoms with van der Waals surface area (Å²) in [5.41, 5.74) is 1.78. The number of nitrogens with one attached hydrogen (secondary N) is 2. The van der Waals surface area contributed by atoms with E-state index in [4.69, 9.17) is 8.85 Å². The molecule has 0 atom stereocenters. The first-order valence-corrected chi connectivity index (χ1v) is 6.37. The molecule has 6 heteroatoms. The summed E-state index contributed by atoms with van der Waals surface area (Å²) in [4.78, 5) is 23.3. The number of ether oxygens (including phenoxy) is 2. The van der Waals surface area contributed by atoms with Crippen LogP contribution in [0.4, 0.5) is 21.0 Å². The zero-order valence-corrected chi connectivity index (χ0v) is 11.8. The minimum atomic E-state index is -2.84. The number of benzene rings is 2. The standard InChI is InChI=1S/C16H16N2O4/c1-11-5-3-6-12(9-11)18-16(20)22-14-8-4-7-13(10-14)17-15(19)21-2/h3-10H,1-2H3,(H,17,19)(H,18,20)/i2D3. The molecule has 6 nitrogen and oxygen atoms in total. The van der Waals surface area contributed by atoms with Gasteiger partial charge in [-0.2, -0.15) is 0 Å². The van der Waals surface area contributed by atoms with E-state index in [1.807, 2.05) is 13.0 Å². The zero-order chi connectivity index (χ0) is 18.4. The number of methoxy groups -OCH3 is 1. The van der Waals surface area contributed by atoms with E-state index in [-0.39, 0.29) is 11.4 Å². The van der Waals surface area contributed by atoms with Crippen LogP contribution in [-0.2, 0) is 4.74 Å². The maximum atomic E-state index is 11.9. The summed E-state index contributed by atoms with van der Waals surface area (Å²) in [6, 6.07) is 13.1. The van der Waals surface area contributed by atoms with Crippen LogP contribution in [-0.4, -0.2) is 19.2 Å². The molecule has 114 valence electrons. The van der Waals surface area contributed by atoms with E-state index in [9.17, 15) is 9.59 Å². The smallest absolute Gasteiger partial charge is 0.417 e. The third kappa shape index (κ3) is 4.52. The molecule has 0 heterocycles. The Morgan fingerprint density at radius 1 is 1.00 bits per heavy atom. The van der Waals surface area contributed by atoms with Gasteiger partial charge in [0.25, 0.3) is 0 Å². The Morgan fingerprint density at radius 2 is 1.68 bits per heavy atom. The van der Waals surface area contributed by atoms with E-state index >= 15 is 0 Å². The van der Waals surface area contributed by atoms with E-state index in [2.05, 4.69) is 15.4 Å². The fourth-order valence-electron chi connectivity index (χ4n) is 1.75. The summed E-state index contributed by atoms with van der Waals surface area (Å²) in [6.45, 7) is 1.89. The number of carbonyl (C=O) groups excluding carboxylic acids is 2. The SMILES string of the molecule is [2H]C([2H])([2H])OC(=O)Nc1cccc(OC(=O)Nc2cccc(C)c2)c1. The molecular weight excluding hydrogens is 284 g/mol. The lowest BCUT2D eigenvalue weighted by atomic mass is 10.2. The Labute approximate surface area is 132 Å². The van der Waals surface area contributed by atoms with E-state index in [1.54, 1.807) is 18.2 Å². The lowest BCUT2D eigenvalue weighted by molar-refractivity contribution is 0.187. The molecule has 2 aromatic carbocycles. The van der Waals surface area contributed by atoms with Crippen LogP contribution >= 0.6 is 0 Å². The molecule has 2 rings (SSSR count). The molecule has 0 aromatic heterocycles. The van der Waals surface area contributed by atoms with E-state index in [0.29, 0.717) is 5.69 Å². The molecule has 22 heavy (non-hydrogen) atoms. The Kier molecular flexibility index (Phi) is 3.76. The van der Waals surface area contributed by atoms with Gasteiger partial charge in [0.05, 0.1) is 11.2 Å². The minimum absolute atomic E-state index is 0.164. The molecule has 2 aromatic rings. The quantitative estimate of drug-likeness (QED) is 0.904. The van der Waals surface area contributed by atoms with Crippen molar-refractivity contribution in [3.8, 4) is 5.75 Å². The maximum Gasteiger partial charge on any atom is 0.417 e. The van der Waals surface area contributed by atoms with E-state index in [0.717, 1.165) is 5.56 Å². The molecule has 0 saturated carbocycles. The highest BCUT2D eigenvalue weighted by Gasteiger charge is 2.07. The van der Waals surface area contributed by atoms with Gasteiger partial charge in [0.2, 0.25) is 0 Å². The molecule has 0 radical (unpaired) electrons. The largest absolute Gasteiger partial charge is 0.453 e. The van der Waals surface area contributed by atoms with Crippen LogP contribution in [0.3, 0.4) is 0 Å². The molecule has 2 amide bonds. The molecular formula is C16H16N2O4. The van der Waals surface area contributed by atoms with Gasteiger partial charge in [-0.1, -0.05) is 18.2 Å². The van der Waals surface area contributed by atoms with Crippen LogP contribution in [0, 0.1) is 6.92 Å². The van der Waals surface area contributed by atoms with Gasteiger partial charge in [0.15, 0.2) is 0 Å². The molecule has 0 saturated heterocycles. The lowest BCUT2D eigenvalue weighted by Gasteiger charge is -2.09. The van der Waals surface area contributed by atoms with Gasteiger partial charge in [0, 0.05) is 17.4 Å². The number of amides is 2. The van der Waals surface area contributed by atoms with Crippen molar-refractivity contribution in [2.24, 2.45) is 0 Å². The average molecular weight is 303 g/mol. The zero-order valence-electron chi connectivity index (χ0n) is 14.8. The molecule has 0 fully saturated rings. The molecule has 0 unspecified atom stereocenters. The van der Waals surface area contributed by atoms with Crippen LogP contribution in [0.2, 0.25) is 0 Å². The molecule has 0 aliphatic rings. The Bertz CT molecular complexity index is 778. The second-order valence-corrected chi connectivity index (χ2v) is 4.43. The summed E-state index contributed by atoms with van der Waals surface area (Å²) >= 11 is 0. The maximum absolute atomic E-state index is 11.9.